The van der Waals surface area contributed by atoms with Gasteiger partial charge in [-0.05, 0) is 49.9 Å². The van der Waals surface area contributed by atoms with Gasteiger partial charge in [0.25, 0.3) is 0 Å². The third-order valence-corrected chi connectivity index (χ3v) is 7.60. The van der Waals surface area contributed by atoms with Gasteiger partial charge in [0.1, 0.15) is 23.9 Å². The van der Waals surface area contributed by atoms with E-state index in [1.807, 2.05) is 44.2 Å². The first kappa shape index (κ1) is 38.8. The summed E-state index contributed by atoms with van der Waals surface area (Å²) in [7, 11) is 1.58. The quantitative estimate of drug-likeness (QED) is 0.0582. The van der Waals surface area contributed by atoms with Gasteiger partial charge in [-0.15, -0.1) is 0 Å². The van der Waals surface area contributed by atoms with Gasteiger partial charge in [0.15, 0.2) is 11.9 Å². The van der Waals surface area contributed by atoms with Crippen molar-refractivity contribution in [2.24, 2.45) is 32.9 Å². The van der Waals surface area contributed by atoms with Crippen molar-refractivity contribution in [3.05, 3.63) is 65.7 Å². The number of guanidine groups is 2. The van der Waals surface area contributed by atoms with Crippen LogP contribution in [0.4, 0.5) is 0 Å². The van der Waals surface area contributed by atoms with Crippen LogP contribution in [0.3, 0.4) is 0 Å². The van der Waals surface area contributed by atoms with E-state index in [9.17, 15) is 24.3 Å². The Morgan fingerprint density at radius 1 is 0.812 bits per heavy atom. The minimum Gasteiger partial charge on any atom is -0.508 e. The van der Waals surface area contributed by atoms with E-state index in [0.29, 0.717) is 25.1 Å². The molecular formula is C33H50N10O5. The number of amides is 4. The molecule has 0 saturated heterocycles. The highest BCUT2D eigenvalue weighted by Crippen LogP contribution is 2.14. The highest BCUT2D eigenvalue weighted by molar-refractivity contribution is 5.94. The van der Waals surface area contributed by atoms with Crippen LogP contribution >= 0.6 is 0 Å². The van der Waals surface area contributed by atoms with Crippen LogP contribution in [-0.2, 0) is 32.0 Å². The van der Waals surface area contributed by atoms with Gasteiger partial charge in [-0.25, -0.2) is 4.99 Å². The number of nitrogens with one attached hydrogen (secondary N) is 2. The minimum atomic E-state index is -1.11. The van der Waals surface area contributed by atoms with Crippen LogP contribution < -0.4 is 33.6 Å². The standard InChI is InChI=1S/C33H50N10O5/c1-4-43(5-2)28(45)17-19-42(3)31(48)27(21-22-10-7-6-8-11-22)40-29(46)25(12-9-18-38-32(34)35)39-30(47)26(41-33(36)37)20-23-13-15-24(44)16-14-23/h6-8,10-11,13-16,25-27,44H,4-5,9,12,17-21H2,1-3H3,(H,39,47)(H,40,46)(H4,34,35,38)(H4,36,37,41)/t25-,26+,27+/m1/s1. The van der Waals surface area contributed by atoms with Crippen molar-refractivity contribution >= 4 is 35.5 Å². The Morgan fingerprint density at radius 3 is 2.00 bits per heavy atom. The lowest BCUT2D eigenvalue weighted by Gasteiger charge is -2.28. The molecule has 262 valence electrons. The summed E-state index contributed by atoms with van der Waals surface area (Å²) in [6.07, 6.45) is 0.839. The van der Waals surface area contributed by atoms with E-state index in [1.54, 1.807) is 24.1 Å². The number of carbonyl (C=O) groups is 4. The van der Waals surface area contributed by atoms with Gasteiger partial charge in [0.2, 0.25) is 23.6 Å². The first-order valence-corrected chi connectivity index (χ1v) is 15.9. The number of phenols is 1. The van der Waals surface area contributed by atoms with Gasteiger partial charge in [0.05, 0.1) is 0 Å². The number of phenolic OH excluding ortho intramolecular Hbond substituents is 1. The number of nitrogens with zero attached hydrogens (tertiary/aromatic N) is 4. The van der Waals surface area contributed by atoms with Crippen molar-refractivity contribution in [3.63, 3.8) is 0 Å². The average molecular weight is 667 g/mol. The number of carbonyl (C=O) groups excluding carboxylic acids is 4. The summed E-state index contributed by atoms with van der Waals surface area (Å²) in [5, 5.41) is 15.2. The number of hydrogen-bond donors (Lipinski definition) is 7. The molecule has 0 aliphatic rings. The number of benzene rings is 2. The molecule has 15 nitrogen and oxygen atoms in total. The van der Waals surface area contributed by atoms with Crippen LogP contribution in [0.15, 0.2) is 64.6 Å². The first-order chi connectivity index (χ1) is 22.8. The molecule has 2 aromatic carbocycles. The van der Waals surface area contributed by atoms with Gasteiger partial charge < -0.3 is 48.5 Å². The number of aliphatic imine (C=N–C) groups is 2. The fourth-order valence-electron chi connectivity index (χ4n) is 4.97. The maximum Gasteiger partial charge on any atom is 0.245 e. The molecule has 15 heteroatoms. The summed E-state index contributed by atoms with van der Waals surface area (Å²) < 4.78 is 0. The van der Waals surface area contributed by atoms with Crippen molar-refractivity contribution in [2.75, 3.05) is 33.2 Å². The predicted octanol–water partition coefficient (Wildman–Crippen LogP) is -0.440. The second-order valence-corrected chi connectivity index (χ2v) is 11.3. The number of nitrogens with two attached hydrogens (primary N) is 4. The Kier molecular flexibility index (Phi) is 16.2. The maximum absolute atomic E-state index is 13.9. The third kappa shape index (κ3) is 13.6. The molecule has 2 aromatic rings. The van der Waals surface area contributed by atoms with Crippen molar-refractivity contribution in [2.45, 2.75) is 64.1 Å². The van der Waals surface area contributed by atoms with Crippen LogP contribution in [0, 0.1) is 0 Å². The number of likely N-dealkylation sites (N-methyl/N-ethyl adjacent to an activating group) is 1. The summed E-state index contributed by atoms with van der Waals surface area (Å²) in [5.74, 6) is -2.08. The SMILES string of the molecule is CCN(CC)C(=O)CCN(C)C(=O)[C@H](Cc1ccccc1)NC(=O)[C@@H](CCCN=C(N)N)NC(=O)[C@H](Cc1ccc(O)cc1)N=C(N)N. The van der Waals surface area contributed by atoms with E-state index in [2.05, 4.69) is 20.6 Å². The van der Waals surface area contributed by atoms with Crippen LogP contribution in [-0.4, -0.2) is 102 Å². The molecule has 0 aliphatic carbocycles. The normalized spacial score (nSPS) is 12.5. The Bertz CT molecular complexity index is 1390. The first-order valence-electron chi connectivity index (χ1n) is 15.9. The fourth-order valence-corrected chi connectivity index (χ4v) is 4.97. The predicted molar refractivity (Wildman–Crippen MR) is 186 cm³/mol. The number of aromatic hydroxyl groups is 1. The summed E-state index contributed by atoms with van der Waals surface area (Å²) >= 11 is 0. The monoisotopic (exact) mass is 666 g/mol. The van der Waals surface area contributed by atoms with E-state index in [1.165, 1.54) is 17.0 Å². The molecule has 48 heavy (non-hydrogen) atoms. The molecule has 2 rings (SSSR count). The van der Waals surface area contributed by atoms with Crippen LogP contribution in [0.2, 0.25) is 0 Å². The lowest BCUT2D eigenvalue weighted by molar-refractivity contribution is -0.137. The Balaban J connectivity index is 2.32. The Labute approximate surface area is 281 Å². The van der Waals surface area contributed by atoms with E-state index in [0.717, 1.165) is 5.56 Å². The smallest absolute Gasteiger partial charge is 0.245 e. The van der Waals surface area contributed by atoms with Crippen molar-refractivity contribution in [3.8, 4) is 5.75 Å². The molecule has 0 saturated carbocycles. The highest BCUT2D eigenvalue weighted by atomic mass is 16.3. The van der Waals surface area contributed by atoms with Gasteiger partial charge in [0, 0.05) is 52.5 Å². The molecule has 3 atom stereocenters. The van der Waals surface area contributed by atoms with Gasteiger partial charge in [-0.1, -0.05) is 42.5 Å². The minimum absolute atomic E-state index is 0.0554. The van der Waals surface area contributed by atoms with Gasteiger partial charge in [-0.3, -0.25) is 24.2 Å². The van der Waals surface area contributed by atoms with E-state index >= 15 is 0 Å². The van der Waals surface area contributed by atoms with Crippen molar-refractivity contribution in [1.82, 2.24) is 20.4 Å². The summed E-state index contributed by atoms with van der Waals surface area (Å²) in [4.78, 5) is 64.9. The summed E-state index contributed by atoms with van der Waals surface area (Å²) in [6.45, 7) is 5.26. The molecule has 11 N–H and O–H groups in total. The zero-order chi connectivity index (χ0) is 35.6. The highest BCUT2D eigenvalue weighted by Gasteiger charge is 2.30. The van der Waals surface area contributed by atoms with Crippen LogP contribution in [0.5, 0.6) is 5.75 Å². The third-order valence-electron chi connectivity index (χ3n) is 7.60. The van der Waals surface area contributed by atoms with Gasteiger partial charge >= 0.3 is 0 Å². The van der Waals surface area contributed by atoms with Crippen LogP contribution in [0.25, 0.3) is 0 Å². The summed E-state index contributed by atoms with van der Waals surface area (Å²) in [5.41, 5.74) is 23.6. The largest absolute Gasteiger partial charge is 0.508 e. The molecule has 0 aromatic heterocycles. The number of hydrogen-bond acceptors (Lipinski definition) is 7. The lowest BCUT2D eigenvalue weighted by Crippen LogP contribution is -2.56. The lowest BCUT2D eigenvalue weighted by atomic mass is 10.0. The van der Waals surface area contributed by atoms with Crippen molar-refractivity contribution < 1.29 is 24.3 Å². The maximum atomic E-state index is 13.9. The molecule has 0 heterocycles. The molecule has 0 spiro atoms. The Hall–Kier alpha value is -5.34. The second kappa shape index (κ2) is 20.0. The van der Waals surface area contributed by atoms with E-state index in [-0.39, 0.29) is 62.3 Å². The number of rotatable bonds is 19. The Morgan fingerprint density at radius 2 is 1.42 bits per heavy atom. The average Bonchev–Trinajstić information content (AvgIpc) is 3.05. The molecule has 0 aliphatic heterocycles. The van der Waals surface area contributed by atoms with E-state index in [4.69, 9.17) is 22.9 Å². The van der Waals surface area contributed by atoms with Crippen LogP contribution in [0.1, 0.15) is 44.2 Å². The molecule has 0 bridgehead atoms. The second-order valence-electron chi connectivity index (χ2n) is 11.3. The fraction of sp³-hybridized carbons (Fsp3) is 0.455. The topological polar surface area (TPSA) is 248 Å². The molecule has 0 unspecified atom stereocenters. The zero-order valence-electron chi connectivity index (χ0n) is 28.0. The molecular weight excluding hydrogens is 616 g/mol. The van der Waals surface area contributed by atoms with E-state index < -0.39 is 35.8 Å². The zero-order valence-corrected chi connectivity index (χ0v) is 28.0. The van der Waals surface area contributed by atoms with Gasteiger partial charge in [-0.2, -0.15) is 0 Å². The molecule has 4 amide bonds. The molecule has 0 radical (unpaired) electrons. The molecule has 0 fully saturated rings. The summed E-state index contributed by atoms with van der Waals surface area (Å²) in [6, 6.07) is 12.2. The van der Waals surface area contributed by atoms with Crippen molar-refractivity contribution in [1.29, 1.82) is 0 Å².